The highest BCUT2D eigenvalue weighted by Gasteiger charge is 2.27. The van der Waals surface area contributed by atoms with Crippen LogP contribution in [0.4, 0.5) is 0 Å². The first-order valence-electron chi connectivity index (χ1n) is 8.64. The highest BCUT2D eigenvalue weighted by atomic mass is 16.4. The van der Waals surface area contributed by atoms with E-state index in [1.165, 1.54) is 5.56 Å². The molecule has 3 rings (SSSR count). The molecule has 0 aliphatic carbocycles. The largest absolute Gasteiger partial charge is 0.478 e. The minimum Gasteiger partial charge on any atom is -0.478 e. The summed E-state index contributed by atoms with van der Waals surface area (Å²) < 4.78 is 0. The molecule has 3 nitrogen and oxygen atoms in total. The van der Waals surface area contributed by atoms with Gasteiger partial charge in [0.05, 0.1) is 5.57 Å². The summed E-state index contributed by atoms with van der Waals surface area (Å²) in [4.78, 5) is 13.9. The number of hydrogen-bond acceptors (Lipinski definition) is 2. The van der Waals surface area contributed by atoms with E-state index in [2.05, 4.69) is 17.0 Å². The molecule has 1 heterocycles. The fourth-order valence-electron chi connectivity index (χ4n) is 3.34. The van der Waals surface area contributed by atoms with E-state index in [0.717, 1.165) is 30.6 Å². The Labute approximate surface area is 148 Å². The van der Waals surface area contributed by atoms with Gasteiger partial charge in [-0.1, -0.05) is 66.7 Å². The van der Waals surface area contributed by atoms with E-state index in [0.29, 0.717) is 5.57 Å². The quantitative estimate of drug-likeness (QED) is 0.840. The molecule has 0 saturated carbocycles. The number of carbonyl (C=O) groups is 1. The average molecular weight is 333 g/mol. The van der Waals surface area contributed by atoms with Crippen LogP contribution in [-0.4, -0.2) is 22.5 Å². The highest BCUT2D eigenvalue weighted by Crippen LogP contribution is 2.33. The van der Waals surface area contributed by atoms with Gasteiger partial charge in [-0.15, -0.1) is 0 Å². The second-order valence-electron chi connectivity index (χ2n) is 6.32. The number of carboxylic acids is 1. The summed E-state index contributed by atoms with van der Waals surface area (Å²) in [7, 11) is 0. The van der Waals surface area contributed by atoms with E-state index < -0.39 is 5.97 Å². The predicted molar refractivity (Wildman–Crippen MR) is 100 cm³/mol. The molecule has 2 aromatic rings. The highest BCUT2D eigenvalue weighted by molar-refractivity contribution is 5.90. The van der Waals surface area contributed by atoms with Gasteiger partial charge in [0.25, 0.3) is 0 Å². The summed E-state index contributed by atoms with van der Waals surface area (Å²) in [5.41, 5.74) is 3.62. The predicted octanol–water partition coefficient (Wildman–Crippen LogP) is 4.59. The lowest BCUT2D eigenvalue weighted by Crippen LogP contribution is -2.26. The molecule has 1 atom stereocenters. The number of hydrogen-bond donors (Lipinski definition) is 1. The standard InChI is InChI=1S/C22H23NO2/c1-17-21(22(24)25)20(19-12-6-3-7-13-19)14-16-23(17)15-8-11-18-9-4-2-5-10-18/h2-7,9-10,12-14,16,20H,8,11,15H2,1H3,(H,24,25). The molecule has 2 aromatic carbocycles. The molecule has 0 saturated heterocycles. The number of nitrogens with zero attached hydrogens (tertiary/aromatic N) is 1. The maximum atomic E-state index is 11.9. The Bertz CT molecular complexity index is 778. The molecule has 128 valence electrons. The molecule has 25 heavy (non-hydrogen) atoms. The number of benzene rings is 2. The van der Waals surface area contributed by atoms with Crippen molar-refractivity contribution in [2.75, 3.05) is 6.54 Å². The fraction of sp³-hybridized carbons (Fsp3) is 0.227. The van der Waals surface area contributed by atoms with Crippen molar-refractivity contribution in [2.45, 2.75) is 25.7 Å². The van der Waals surface area contributed by atoms with E-state index in [9.17, 15) is 9.90 Å². The minimum atomic E-state index is -0.844. The van der Waals surface area contributed by atoms with Crippen LogP contribution < -0.4 is 0 Å². The summed E-state index contributed by atoms with van der Waals surface area (Å²) in [6, 6.07) is 20.2. The normalized spacial score (nSPS) is 17.0. The lowest BCUT2D eigenvalue weighted by molar-refractivity contribution is -0.133. The number of rotatable bonds is 6. The zero-order chi connectivity index (χ0) is 17.6. The molecule has 1 unspecified atom stereocenters. The molecule has 3 heteroatoms. The van der Waals surface area contributed by atoms with Crippen molar-refractivity contribution in [1.29, 1.82) is 0 Å². The third kappa shape index (κ3) is 4.00. The number of aliphatic carboxylic acids is 1. The molecule has 1 aliphatic heterocycles. The van der Waals surface area contributed by atoms with Crippen molar-refractivity contribution in [3.05, 3.63) is 95.3 Å². The SMILES string of the molecule is CC1=C(C(=O)O)C(c2ccccc2)C=CN1CCCc1ccccc1. The van der Waals surface area contributed by atoms with Gasteiger partial charge in [-0.2, -0.15) is 0 Å². The molecule has 0 amide bonds. The van der Waals surface area contributed by atoms with Crippen molar-refractivity contribution < 1.29 is 9.90 Å². The molecule has 0 bridgehead atoms. The van der Waals surface area contributed by atoms with E-state index >= 15 is 0 Å². The lowest BCUT2D eigenvalue weighted by Gasteiger charge is -2.30. The van der Waals surface area contributed by atoms with E-state index in [1.807, 2.05) is 67.7 Å². The van der Waals surface area contributed by atoms with Gasteiger partial charge in [0.2, 0.25) is 0 Å². The van der Waals surface area contributed by atoms with Gasteiger partial charge >= 0.3 is 5.97 Å². The van der Waals surface area contributed by atoms with E-state index in [4.69, 9.17) is 0 Å². The number of carboxylic acid groups (broad SMARTS) is 1. The summed E-state index contributed by atoms with van der Waals surface area (Å²) in [5.74, 6) is -1.03. The van der Waals surface area contributed by atoms with Crippen LogP contribution in [0.15, 0.2) is 84.2 Å². The van der Waals surface area contributed by atoms with Crippen LogP contribution >= 0.6 is 0 Å². The van der Waals surface area contributed by atoms with Gasteiger partial charge in [-0.05, 0) is 30.9 Å². The molecule has 0 spiro atoms. The molecule has 1 aliphatic rings. The Kier molecular flexibility index (Phi) is 5.34. The summed E-state index contributed by atoms with van der Waals surface area (Å²) in [6.45, 7) is 2.72. The number of allylic oxidation sites excluding steroid dienone is 2. The third-order valence-corrected chi connectivity index (χ3v) is 4.69. The van der Waals surface area contributed by atoms with Crippen LogP contribution in [0.3, 0.4) is 0 Å². The fourth-order valence-corrected chi connectivity index (χ4v) is 3.34. The Balaban J connectivity index is 1.73. The van der Waals surface area contributed by atoms with Crippen molar-refractivity contribution in [3.8, 4) is 0 Å². The zero-order valence-electron chi connectivity index (χ0n) is 14.4. The molecular formula is C22H23NO2. The first-order chi connectivity index (χ1) is 12.2. The third-order valence-electron chi connectivity index (χ3n) is 4.69. The Morgan fingerprint density at radius 3 is 2.32 bits per heavy atom. The average Bonchev–Trinajstić information content (AvgIpc) is 2.64. The van der Waals surface area contributed by atoms with Crippen molar-refractivity contribution in [1.82, 2.24) is 4.90 Å². The van der Waals surface area contributed by atoms with Crippen molar-refractivity contribution in [2.24, 2.45) is 0 Å². The van der Waals surface area contributed by atoms with Crippen LogP contribution in [0, 0.1) is 0 Å². The monoisotopic (exact) mass is 333 g/mol. The smallest absolute Gasteiger partial charge is 0.334 e. The zero-order valence-corrected chi connectivity index (χ0v) is 14.4. The molecule has 0 fully saturated rings. The van der Waals surface area contributed by atoms with Crippen molar-refractivity contribution in [3.63, 3.8) is 0 Å². The van der Waals surface area contributed by atoms with Gasteiger partial charge in [0.15, 0.2) is 0 Å². The molecule has 1 N–H and O–H groups in total. The van der Waals surface area contributed by atoms with Crippen LogP contribution in [0.25, 0.3) is 0 Å². The maximum Gasteiger partial charge on any atom is 0.334 e. The van der Waals surface area contributed by atoms with Crippen LogP contribution in [0.5, 0.6) is 0 Å². The second-order valence-corrected chi connectivity index (χ2v) is 6.32. The van der Waals surface area contributed by atoms with Gasteiger partial charge in [0, 0.05) is 24.4 Å². The maximum absolute atomic E-state index is 11.9. The lowest BCUT2D eigenvalue weighted by atomic mass is 9.87. The first kappa shape index (κ1) is 17.0. The topological polar surface area (TPSA) is 40.5 Å². The van der Waals surface area contributed by atoms with Gasteiger partial charge in [-0.3, -0.25) is 0 Å². The van der Waals surface area contributed by atoms with Gasteiger partial charge in [0.1, 0.15) is 0 Å². The molecular weight excluding hydrogens is 310 g/mol. The molecule has 0 radical (unpaired) electrons. The Morgan fingerprint density at radius 2 is 1.68 bits per heavy atom. The van der Waals surface area contributed by atoms with Crippen LogP contribution in [-0.2, 0) is 11.2 Å². The Hall–Kier alpha value is -2.81. The molecule has 0 aromatic heterocycles. The second kappa shape index (κ2) is 7.84. The summed E-state index contributed by atoms with van der Waals surface area (Å²) >= 11 is 0. The summed E-state index contributed by atoms with van der Waals surface area (Å²) in [5, 5.41) is 9.74. The van der Waals surface area contributed by atoms with E-state index in [1.54, 1.807) is 0 Å². The summed E-state index contributed by atoms with van der Waals surface area (Å²) in [6.07, 6.45) is 6.00. The number of aryl methyl sites for hydroxylation is 1. The van der Waals surface area contributed by atoms with Crippen LogP contribution in [0.2, 0.25) is 0 Å². The van der Waals surface area contributed by atoms with Gasteiger partial charge < -0.3 is 10.0 Å². The van der Waals surface area contributed by atoms with Gasteiger partial charge in [-0.25, -0.2) is 4.79 Å². The Morgan fingerprint density at radius 1 is 1.04 bits per heavy atom. The van der Waals surface area contributed by atoms with E-state index in [-0.39, 0.29) is 5.92 Å². The van der Waals surface area contributed by atoms with Crippen molar-refractivity contribution >= 4 is 5.97 Å². The van der Waals surface area contributed by atoms with Crippen LogP contribution in [0.1, 0.15) is 30.4 Å². The first-order valence-corrected chi connectivity index (χ1v) is 8.64. The minimum absolute atomic E-state index is 0.191.